The summed E-state index contributed by atoms with van der Waals surface area (Å²) in [7, 11) is 1.54. The summed E-state index contributed by atoms with van der Waals surface area (Å²) in [6.07, 6.45) is -0.811. The van der Waals surface area contributed by atoms with Crippen LogP contribution < -0.4 is 0 Å². The van der Waals surface area contributed by atoms with Gasteiger partial charge in [-0.05, 0) is 32.0 Å². The van der Waals surface area contributed by atoms with Crippen LogP contribution in [-0.2, 0) is 4.74 Å². The maximum absolute atomic E-state index is 10.1. The summed E-state index contributed by atoms with van der Waals surface area (Å²) in [6.45, 7) is 3.57. The molecule has 1 atom stereocenters. The van der Waals surface area contributed by atoms with Crippen LogP contribution in [0.5, 0.6) is 0 Å². The summed E-state index contributed by atoms with van der Waals surface area (Å²) in [6, 6.07) is 4.99. The van der Waals surface area contributed by atoms with Gasteiger partial charge in [0.05, 0.1) is 5.60 Å². The Hall–Kier alpha value is -0.280. The Morgan fingerprint density at radius 2 is 1.93 bits per heavy atom. The zero-order valence-corrected chi connectivity index (χ0v) is 10.4. The predicted octanol–water partition coefficient (Wildman–Crippen LogP) is 3.45. The van der Waals surface area contributed by atoms with Crippen molar-refractivity contribution in [3.8, 4) is 0 Å². The quantitative estimate of drug-likeness (QED) is 0.888. The van der Waals surface area contributed by atoms with Crippen molar-refractivity contribution < 1.29 is 9.84 Å². The van der Waals surface area contributed by atoms with Crippen molar-refractivity contribution in [3.63, 3.8) is 0 Å². The van der Waals surface area contributed by atoms with E-state index in [1.54, 1.807) is 39.2 Å². The van der Waals surface area contributed by atoms with E-state index in [1.807, 2.05) is 0 Å². The Morgan fingerprint density at radius 1 is 1.33 bits per heavy atom. The molecule has 1 rings (SSSR count). The highest BCUT2D eigenvalue weighted by Crippen LogP contribution is 2.34. The lowest BCUT2D eigenvalue weighted by Crippen LogP contribution is -2.31. The van der Waals surface area contributed by atoms with Crippen LogP contribution in [0.25, 0.3) is 0 Å². The van der Waals surface area contributed by atoms with Gasteiger partial charge in [0.15, 0.2) is 0 Å². The molecular weight excluding hydrogens is 235 g/mol. The van der Waals surface area contributed by atoms with Crippen LogP contribution in [0.3, 0.4) is 0 Å². The number of rotatable bonds is 3. The van der Waals surface area contributed by atoms with Crippen LogP contribution in [0, 0.1) is 0 Å². The zero-order chi connectivity index (χ0) is 11.6. The Bertz CT molecular complexity index is 350. The van der Waals surface area contributed by atoms with Crippen molar-refractivity contribution in [2.75, 3.05) is 7.11 Å². The minimum Gasteiger partial charge on any atom is -0.385 e. The smallest absolute Gasteiger partial charge is 0.109 e. The van der Waals surface area contributed by atoms with E-state index in [4.69, 9.17) is 27.9 Å². The van der Waals surface area contributed by atoms with Gasteiger partial charge in [-0.15, -0.1) is 0 Å². The van der Waals surface area contributed by atoms with Crippen LogP contribution in [-0.4, -0.2) is 17.8 Å². The fraction of sp³-hybridized carbons (Fsp3) is 0.455. The third-order valence-electron chi connectivity index (χ3n) is 2.44. The normalized spacial score (nSPS) is 14.0. The molecule has 0 fully saturated rings. The Kier molecular flexibility index (Phi) is 4.01. The molecule has 4 heteroatoms. The number of hydrogen-bond acceptors (Lipinski definition) is 2. The van der Waals surface area contributed by atoms with Crippen molar-refractivity contribution in [1.29, 1.82) is 0 Å². The summed E-state index contributed by atoms with van der Waals surface area (Å²) in [5.74, 6) is 0. The standard InChI is InChI=1S/C11H14Cl2O2/c1-11(2,15-3)10(14)8-6-7(12)4-5-9(8)13/h4-6,10,14H,1-3H3. The topological polar surface area (TPSA) is 29.5 Å². The second-order valence-corrected chi connectivity index (χ2v) is 4.72. The molecule has 0 heterocycles. The van der Waals surface area contributed by atoms with Crippen molar-refractivity contribution in [2.24, 2.45) is 0 Å². The first-order valence-electron chi connectivity index (χ1n) is 4.56. The first-order valence-corrected chi connectivity index (χ1v) is 5.32. The zero-order valence-electron chi connectivity index (χ0n) is 8.92. The highest BCUT2D eigenvalue weighted by molar-refractivity contribution is 6.33. The largest absolute Gasteiger partial charge is 0.385 e. The molecule has 1 unspecified atom stereocenters. The van der Waals surface area contributed by atoms with E-state index in [1.165, 1.54) is 0 Å². The predicted molar refractivity (Wildman–Crippen MR) is 62.5 cm³/mol. The molecule has 0 aromatic heterocycles. The summed E-state index contributed by atoms with van der Waals surface area (Å²) >= 11 is 11.8. The Morgan fingerprint density at radius 3 is 2.47 bits per heavy atom. The van der Waals surface area contributed by atoms with Crippen LogP contribution in [0.2, 0.25) is 10.0 Å². The maximum Gasteiger partial charge on any atom is 0.109 e. The minimum atomic E-state index is -0.811. The van der Waals surface area contributed by atoms with Gasteiger partial charge in [0.25, 0.3) is 0 Å². The van der Waals surface area contributed by atoms with E-state index in [9.17, 15) is 5.11 Å². The summed E-state index contributed by atoms with van der Waals surface area (Å²) in [5.41, 5.74) is -0.120. The average Bonchev–Trinajstić information content (AvgIpc) is 2.20. The first-order chi connectivity index (χ1) is 6.88. The minimum absolute atomic E-state index is 0.483. The van der Waals surface area contributed by atoms with Gasteiger partial charge >= 0.3 is 0 Å². The van der Waals surface area contributed by atoms with Gasteiger partial charge in [0.1, 0.15) is 6.10 Å². The van der Waals surface area contributed by atoms with Crippen LogP contribution in [0.1, 0.15) is 25.5 Å². The first kappa shape index (κ1) is 12.8. The van der Waals surface area contributed by atoms with Gasteiger partial charge < -0.3 is 9.84 Å². The summed E-state index contributed by atoms with van der Waals surface area (Å²) in [4.78, 5) is 0. The molecule has 1 N–H and O–H groups in total. The molecule has 0 aliphatic carbocycles. The highest BCUT2D eigenvalue weighted by Gasteiger charge is 2.30. The molecular formula is C11H14Cl2O2. The van der Waals surface area contributed by atoms with E-state index in [0.717, 1.165) is 0 Å². The lowest BCUT2D eigenvalue weighted by molar-refractivity contribution is -0.0792. The SMILES string of the molecule is COC(C)(C)C(O)c1cc(Cl)ccc1Cl. The van der Waals surface area contributed by atoms with E-state index in [0.29, 0.717) is 15.6 Å². The summed E-state index contributed by atoms with van der Waals surface area (Å²) < 4.78 is 5.20. The number of aliphatic hydroxyl groups is 1. The van der Waals surface area contributed by atoms with Crippen LogP contribution in [0.15, 0.2) is 18.2 Å². The molecule has 0 amide bonds. The number of hydrogen-bond donors (Lipinski definition) is 1. The van der Waals surface area contributed by atoms with Gasteiger partial charge in [-0.2, -0.15) is 0 Å². The molecule has 0 saturated heterocycles. The molecule has 0 radical (unpaired) electrons. The van der Waals surface area contributed by atoms with Gasteiger partial charge in [-0.25, -0.2) is 0 Å². The van der Waals surface area contributed by atoms with Crippen molar-refractivity contribution in [2.45, 2.75) is 25.6 Å². The van der Waals surface area contributed by atoms with Gasteiger partial charge in [0, 0.05) is 22.7 Å². The second kappa shape index (κ2) is 4.71. The molecule has 0 spiro atoms. The molecule has 1 aromatic carbocycles. The lowest BCUT2D eigenvalue weighted by atomic mass is 9.94. The Balaban J connectivity index is 3.10. The fourth-order valence-electron chi connectivity index (χ4n) is 1.21. The van der Waals surface area contributed by atoms with Crippen molar-refractivity contribution >= 4 is 23.2 Å². The molecule has 0 aliphatic heterocycles. The van der Waals surface area contributed by atoms with E-state index < -0.39 is 11.7 Å². The number of halogens is 2. The molecule has 15 heavy (non-hydrogen) atoms. The van der Waals surface area contributed by atoms with Gasteiger partial charge in [-0.1, -0.05) is 23.2 Å². The van der Waals surface area contributed by atoms with Crippen molar-refractivity contribution in [3.05, 3.63) is 33.8 Å². The Labute approximate surface area is 99.8 Å². The van der Waals surface area contributed by atoms with E-state index in [-0.39, 0.29) is 0 Å². The third-order valence-corrected chi connectivity index (χ3v) is 3.02. The molecule has 1 aromatic rings. The van der Waals surface area contributed by atoms with Crippen LogP contribution in [0.4, 0.5) is 0 Å². The molecule has 0 saturated carbocycles. The van der Waals surface area contributed by atoms with E-state index >= 15 is 0 Å². The van der Waals surface area contributed by atoms with Crippen molar-refractivity contribution in [1.82, 2.24) is 0 Å². The summed E-state index contributed by atoms with van der Waals surface area (Å²) in [5, 5.41) is 11.1. The van der Waals surface area contributed by atoms with Gasteiger partial charge in [0.2, 0.25) is 0 Å². The molecule has 2 nitrogen and oxygen atoms in total. The monoisotopic (exact) mass is 248 g/mol. The number of aliphatic hydroxyl groups excluding tert-OH is 1. The third kappa shape index (κ3) is 2.85. The number of methoxy groups -OCH3 is 1. The molecule has 84 valence electrons. The average molecular weight is 249 g/mol. The maximum atomic E-state index is 10.1. The van der Waals surface area contributed by atoms with Crippen LogP contribution >= 0.6 is 23.2 Å². The lowest BCUT2D eigenvalue weighted by Gasteiger charge is -2.29. The highest BCUT2D eigenvalue weighted by atomic mass is 35.5. The van der Waals surface area contributed by atoms with E-state index in [2.05, 4.69) is 0 Å². The number of ether oxygens (including phenoxy) is 1. The van der Waals surface area contributed by atoms with Gasteiger partial charge in [-0.3, -0.25) is 0 Å². The molecule has 0 aliphatic rings. The second-order valence-electron chi connectivity index (χ2n) is 3.88. The fourth-order valence-corrected chi connectivity index (χ4v) is 1.61. The number of benzene rings is 1. The molecule has 0 bridgehead atoms.